The van der Waals surface area contributed by atoms with Gasteiger partial charge in [0.15, 0.2) is 23.0 Å². The summed E-state index contributed by atoms with van der Waals surface area (Å²) in [6, 6.07) is 7.54. The van der Waals surface area contributed by atoms with Crippen LogP contribution in [-0.4, -0.2) is 9.79 Å². The molecule has 2 aromatic rings. The Morgan fingerprint density at radius 3 is 1.13 bits per heavy atom. The molecule has 2 rings (SSSR count). The van der Waals surface area contributed by atoms with Gasteiger partial charge in [-0.2, -0.15) is 0 Å². The molecule has 2 aromatic carbocycles. The molecule has 32 heteroatoms. The van der Waals surface area contributed by atoms with Crippen molar-refractivity contribution in [1.82, 2.24) is 0 Å². The molecule has 0 heterocycles. The molecular formula is C28H43F6IO19P6. The third kappa shape index (κ3) is 26.0. The highest BCUT2D eigenvalue weighted by Crippen LogP contribution is 2.65. The molecule has 0 aromatic heterocycles. The lowest BCUT2D eigenvalue weighted by molar-refractivity contribution is -0.230. The molecular weight excluding hydrogens is 1070 g/mol. The van der Waals surface area contributed by atoms with Crippen molar-refractivity contribution in [3.8, 4) is 23.0 Å². The molecule has 0 saturated heterocycles. The lowest BCUT2D eigenvalue weighted by Crippen LogP contribution is -2.00. The van der Waals surface area contributed by atoms with Gasteiger partial charge in [0.25, 0.3) is 0 Å². The lowest BCUT2D eigenvalue weighted by Gasteiger charge is -2.18. The minimum Gasteiger partial charge on any atom is -0.450 e. The van der Waals surface area contributed by atoms with E-state index in [0.717, 1.165) is 76.3 Å². The number of halogens is 7. The maximum Gasteiger partial charge on any atom is 0.598 e. The van der Waals surface area contributed by atoms with Crippen molar-refractivity contribution in [2.24, 2.45) is 0 Å². The Labute approximate surface area is 358 Å². The van der Waals surface area contributed by atoms with E-state index >= 15 is 4.20 Å². The number of hydrogen-bond donors (Lipinski definition) is 2. The van der Waals surface area contributed by atoms with Crippen LogP contribution >= 0.6 is 71.4 Å². The van der Waals surface area contributed by atoms with Crippen molar-refractivity contribution in [2.45, 2.75) is 104 Å². The highest BCUT2D eigenvalue weighted by Gasteiger charge is 2.43. The van der Waals surface area contributed by atoms with Gasteiger partial charge in [-0.05, 0) is 61.1 Å². The molecule has 0 radical (unpaired) electrons. The Balaban J connectivity index is 0.0000180. The first kappa shape index (κ1) is 57.1. The SMILES string of the molecule is CCCCCCCCc1ccc(OP(=O)(O)F)c(Oc2cc(CCCCCCCC)ccc2OP(=O)(F)OOP(=O)(F)OOP(=O)(F)OOP(=O)(F)OOP(=O)(O)F)c1.I. The number of ether oxygens (including phenoxy) is 1. The maximum absolute atomic E-state index is 15.0. The number of hydrogen-bond acceptors (Lipinski definition) is 17. The molecule has 0 aliphatic carbocycles. The molecule has 2 N–H and O–H groups in total. The van der Waals surface area contributed by atoms with Crippen LogP contribution in [0.2, 0.25) is 0 Å². The average Bonchev–Trinajstić information content (AvgIpc) is 3.13. The van der Waals surface area contributed by atoms with Gasteiger partial charge in [0, 0.05) is 0 Å². The van der Waals surface area contributed by atoms with Crippen LogP contribution in [0.25, 0.3) is 0 Å². The molecule has 0 saturated carbocycles. The van der Waals surface area contributed by atoms with Crippen molar-refractivity contribution < 1.29 is 114 Å². The van der Waals surface area contributed by atoms with E-state index < -0.39 is 70.4 Å². The zero-order valence-corrected chi connectivity index (χ0v) is 39.3. The first-order valence-corrected chi connectivity index (χ1v) is 26.1. The second-order valence-electron chi connectivity index (χ2n) is 12.1. The summed E-state index contributed by atoms with van der Waals surface area (Å²) in [4.78, 5) is 17.4. The van der Waals surface area contributed by atoms with Crippen molar-refractivity contribution in [3.05, 3.63) is 47.5 Å². The van der Waals surface area contributed by atoms with Crippen LogP contribution in [0.15, 0.2) is 36.4 Å². The predicted molar refractivity (Wildman–Crippen MR) is 209 cm³/mol. The van der Waals surface area contributed by atoms with Crippen LogP contribution in [0.5, 0.6) is 23.0 Å². The second-order valence-corrected chi connectivity index (χ2v) is 18.9. The smallest absolute Gasteiger partial charge is 0.450 e. The molecule has 0 bridgehead atoms. The van der Waals surface area contributed by atoms with E-state index in [1.54, 1.807) is 0 Å². The summed E-state index contributed by atoms with van der Waals surface area (Å²) in [7, 11) is -38.1. The molecule has 348 valence electrons. The normalized spacial score (nSPS) is 17.7. The average molecular weight is 1110 g/mol. The standard InChI is InChI=1S/C28H42F6O19P6.HI/c1-3-5-7-9-11-13-15-23-17-19-25(44-54(29,35)36)27(21-23)43-28-22-24(16-14-12-10-8-6-4-2)18-20-26(28)45-56(31,39)48-49-58(33,41)52-53-59(34,42)51-50-57(32,40)47-46-55(30,37)38;/h17-22H,3-16H2,1-2H3,(H,35,36)(H,37,38);1H. The number of rotatable bonds is 32. The summed E-state index contributed by atoms with van der Waals surface area (Å²) in [5.74, 6) is -2.31. The van der Waals surface area contributed by atoms with Gasteiger partial charge in [-0.1, -0.05) is 90.2 Å². The van der Waals surface area contributed by atoms with E-state index in [2.05, 4.69) is 60.3 Å². The molecule has 0 fully saturated rings. The number of aryl methyl sites for hydroxylation is 2. The van der Waals surface area contributed by atoms with Crippen LogP contribution in [0.1, 0.15) is 102 Å². The Kier molecular flexibility index (Phi) is 25.5. The van der Waals surface area contributed by atoms with E-state index in [1.807, 2.05) is 0 Å². The topological polar surface area (TPSA) is 244 Å². The van der Waals surface area contributed by atoms with Crippen molar-refractivity contribution in [2.75, 3.05) is 0 Å². The summed E-state index contributed by atoms with van der Waals surface area (Å²) in [6.45, 7) is 4.12. The Bertz CT molecular complexity index is 1930. The van der Waals surface area contributed by atoms with Crippen LogP contribution in [0, 0.1) is 0 Å². The first-order chi connectivity index (χ1) is 27.3. The van der Waals surface area contributed by atoms with E-state index in [1.165, 1.54) is 24.3 Å². The summed E-state index contributed by atoms with van der Waals surface area (Å²) in [6.07, 6.45) is 12.0. The van der Waals surface area contributed by atoms with Gasteiger partial charge in [0.1, 0.15) is 0 Å². The molecule has 60 heavy (non-hydrogen) atoms. The summed E-state index contributed by atoms with van der Waals surface area (Å²) in [5.41, 5.74) is 1.12. The van der Waals surface area contributed by atoms with Gasteiger partial charge in [-0.25, -0.2) is 27.4 Å². The first-order valence-electron chi connectivity index (χ1n) is 17.4. The predicted octanol–water partition coefficient (Wildman–Crippen LogP) is 14.9. The fourth-order valence-electron chi connectivity index (χ4n) is 4.67. The van der Waals surface area contributed by atoms with E-state index in [-0.39, 0.29) is 24.0 Å². The lowest BCUT2D eigenvalue weighted by atomic mass is 10.0. The van der Waals surface area contributed by atoms with Gasteiger partial charge in [-0.15, -0.1) is 86.6 Å². The fourth-order valence-corrected chi connectivity index (χ4v) is 8.12. The highest BCUT2D eigenvalue weighted by atomic mass is 127. The monoisotopic (exact) mass is 1110 g/mol. The Hall–Kier alpha value is -0.870. The second kappa shape index (κ2) is 26.8. The zero-order chi connectivity index (χ0) is 44.4. The summed E-state index contributed by atoms with van der Waals surface area (Å²) >= 11 is 0. The quantitative estimate of drug-likeness (QED) is 0.0173. The van der Waals surface area contributed by atoms with E-state index in [4.69, 9.17) is 9.63 Å². The third-order valence-corrected chi connectivity index (χ3v) is 10.5. The van der Waals surface area contributed by atoms with Crippen LogP contribution in [-0.2, 0) is 77.6 Å². The van der Waals surface area contributed by atoms with Gasteiger partial charge < -0.3 is 13.8 Å². The van der Waals surface area contributed by atoms with Crippen molar-refractivity contribution >= 4 is 71.4 Å². The fraction of sp³-hybridized carbons (Fsp3) is 0.571. The molecule has 6 unspecified atom stereocenters. The minimum absolute atomic E-state index is 0. The largest absolute Gasteiger partial charge is 0.598 e. The van der Waals surface area contributed by atoms with Crippen LogP contribution in [0.3, 0.4) is 0 Å². The molecule has 19 nitrogen and oxygen atoms in total. The molecule has 6 atom stereocenters. The van der Waals surface area contributed by atoms with E-state index in [9.17, 15) is 53.3 Å². The van der Waals surface area contributed by atoms with Crippen molar-refractivity contribution in [3.63, 3.8) is 0 Å². The molecule has 0 aliphatic heterocycles. The molecule has 0 aliphatic rings. The van der Waals surface area contributed by atoms with Crippen LogP contribution < -0.4 is 13.8 Å². The molecule has 0 amide bonds. The number of unbranched alkanes of at least 4 members (excludes halogenated alkanes) is 10. The summed E-state index contributed by atoms with van der Waals surface area (Å²) in [5, 5.41) is 0. The number of benzene rings is 2. The van der Waals surface area contributed by atoms with Crippen LogP contribution in [0.4, 0.5) is 25.2 Å². The van der Waals surface area contributed by atoms with Gasteiger partial charge in [0.2, 0.25) is 0 Å². The summed E-state index contributed by atoms with van der Waals surface area (Å²) < 4.78 is 191. The Morgan fingerprint density at radius 1 is 0.433 bits per heavy atom. The van der Waals surface area contributed by atoms with E-state index in [0.29, 0.717) is 36.8 Å². The Morgan fingerprint density at radius 2 is 0.767 bits per heavy atom. The maximum atomic E-state index is 15.0. The van der Waals surface area contributed by atoms with Gasteiger partial charge in [-0.3, -0.25) is 9.79 Å². The zero-order valence-electron chi connectivity index (χ0n) is 31.6. The van der Waals surface area contributed by atoms with Gasteiger partial charge >= 0.3 is 47.4 Å². The highest BCUT2D eigenvalue weighted by molar-refractivity contribution is 14.0. The third-order valence-electron chi connectivity index (χ3n) is 7.14. The molecule has 0 spiro atoms. The minimum atomic E-state index is -6.71. The van der Waals surface area contributed by atoms with Gasteiger partial charge in [0.05, 0.1) is 0 Å². The van der Waals surface area contributed by atoms with Crippen molar-refractivity contribution in [1.29, 1.82) is 0 Å².